The molecule has 4 heteroatoms. The van der Waals surface area contributed by atoms with Gasteiger partial charge >= 0.3 is 0 Å². The minimum absolute atomic E-state index is 0.369. The van der Waals surface area contributed by atoms with E-state index >= 15 is 0 Å². The van der Waals surface area contributed by atoms with Gasteiger partial charge in [0, 0.05) is 11.9 Å². The lowest BCUT2D eigenvalue weighted by Gasteiger charge is -2.09. The van der Waals surface area contributed by atoms with Crippen molar-refractivity contribution in [3.63, 3.8) is 0 Å². The molecule has 1 atom stereocenters. The van der Waals surface area contributed by atoms with Gasteiger partial charge in [-0.05, 0) is 17.7 Å². The van der Waals surface area contributed by atoms with Crippen LogP contribution in [0.1, 0.15) is 17.3 Å². The average Bonchev–Trinajstić information content (AvgIpc) is 2.96. The van der Waals surface area contributed by atoms with Gasteiger partial charge in [0.1, 0.15) is 0 Å². The Bertz CT molecular complexity index is 554. The highest BCUT2D eigenvalue weighted by Crippen LogP contribution is 2.25. The molecule has 1 aliphatic heterocycles. The van der Waals surface area contributed by atoms with Crippen LogP contribution in [-0.4, -0.2) is 15.9 Å². The van der Waals surface area contributed by atoms with Crippen molar-refractivity contribution in [2.24, 2.45) is 4.99 Å². The molecule has 1 N–H and O–H groups in total. The number of benzene rings is 1. The van der Waals surface area contributed by atoms with E-state index in [0.717, 1.165) is 16.6 Å². The van der Waals surface area contributed by atoms with Crippen molar-refractivity contribution < 1.29 is 0 Å². The zero-order chi connectivity index (χ0) is 12.9. The highest BCUT2D eigenvalue weighted by molar-refractivity contribution is 8.14. The quantitative estimate of drug-likeness (QED) is 0.930. The number of hydrogen-bond acceptors (Lipinski definition) is 3. The van der Waals surface area contributed by atoms with Crippen molar-refractivity contribution in [2.45, 2.75) is 12.6 Å². The summed E-state index contributed by atoms with van der Waals surface area (Å²) in [6, 6.07) is 16.8. The number of aromatic nitrogens is 1. The van der Waals surface area contributed by atoms with Gasteiger partial charge in [0.05, 0.1) is 18.3 Å². The molecule has 2 heterocycles. The van der Waals surface area contributed by atoms with Crippen LogP contribution in [0.3, 0.4) is 0 Å². The Morgan fingerprint density at radius 3 is 2.79 bits per heavy atom. The van der Waals surface area contributed by atoms with Crippen molar-refractivity contribution in [3.05, 3.63) is 66.0 Å². The fourth-order valence-electron chi connectivity index (χ4n) is 2.00. The molecular formula is C15H15N3S. The van der Waals surface area contributed by atoms with Gasteiger partial charge in [-0.3, -0.25) is 9.98 Å². The summed E-state index contributed by atoms with van der Waals surface area (Å²) in [6.07, 6.45) is 1.80. The Kier molecular flexibility index (Phi) is 3.79. The summed E-state index contributed by atoms with van der Waals surface area (Å²) in [5.74, 6) is 1.03. The van der Waals surface area contributed by atoms with Gasteiger partial charge in [-0.15, -0.1) is 0 Å². The third-order valence-corrected chi connectivity index (χ3v) is 4.02. The van der Waals surface area contributed by atoms with Gasteiger partial charge in [0.15, 0.2) is 5.17 Å². The molecule has 0 amide bonds. The minimum Gasteiger partial charge on any atom is -0.357 e. The molecule has 1 aliphatic rings. The topological polar surface area (TPSA) is 37.3 Å². The van der Waals surface area contributed by atoms with E-state index in [4.69, 9.17) is 0 Å². The number of aliphatic imine (C=N–C) groups is 1. The number of thioether (sulfide) groups is 1. The molecule has 0 spiro atoms. The lowest BCUT2D eigenvalue weighted by Crippen LogP contribution is -2.19. The molecule has 3 nitrogen and oxygen atoms in total. The smallest absolute Gasteiger partial charge is 0.157 e. The van der Waals surface area contributed by atoms with E-state index in [2.05, 4.69) is 39.6 Å². The first-order valence-corrected chi connectivity index (χ1v) is 7.29. The molecule has 0 bridgehead atoms. The summed E-state index contributed by atoms with van der Waals surface area (Å²) in [5.41, 5.74) is 2.32. The number of hydrogen-bond donors (Lipinski definition) is 1. The van der Waals surface area contributed by atoms with Crippen LogP contribution in [0.25, 0.3) is 0 Å². The van der Waals surface area contributed by atoms with E-state index in [1.165, 1.54) is 5.56 Å². The molecule has 1 aromatic carbocycles. The fourth-order valence-corrected chi connectivity index (χ4v) is 2.98. The summed E-state index contributed by atoms with van der Waals surface area (Å²) in [7, 11) is 0. The highest BCUT2D eigenvalue weighted by atomic mass is 32.2. The van der Waals surface area contributed by atoms with E-state index in [1.54, 1.807) is 18.0 Å². The second-order valence-corrected chi connectivity index (χ2v) is 5.37. The van der Waals surface area contributed by atoms with Gasteiger partial charge in [0.2, 0.25) is 0 Å². The van der Waals surface area contributed by atoms with Crippen LogP contribution in [0.5, 0.6) is 0 Å². The molecule has 1 aromatic heterocycles. The van der Waals surface area contributed by atoms with Crippen LogP contribution in [0.2, 0.25) is 0 Å². The second kappa shape index (κ2) is 5.89. The predicted molar refractivity (Wildman–Crippen MR) is 80.2 cm³/mol. The van der Waals surface area contributed by atoms with E-state index in [1.807, 2.05) is 24.3 Å². The number of amidine groups is 1. The number of rotatable bonds is 3. The standard InChI is InChI=1S/C15H15N3S/c1-2-6-12(7-3-1)14-11-19-15(18-14)17-10-13-8-4-5-9-16-13/h1-9,14H,10-11H2,(H,17,18). The van der Waals surface area contributed by atoms with E-state index < -0.39 is 0 Å². The summed E-state index contributed by atoms with van der Waals surface area (Å²) < 4.78 is 0. The molecule has 1 fully saturated rings. The zero-order valence-electron chi connectivity index (χ0n) is 10.5. The van der Waals surface area contributed by atoms with Gasteiger partial charge < -0.3 is 5.32 Å². The molecule has 1 saturated heterocycles. The van der Waals surface area contributed by atoms with Crippen LogP contribution < -0.4 is 5.32 Å². The van der Waals surface area contributed by atoms with Crippen LogP contribution >= 0.6 is 11.8 Å². The van der Waals surface area contributed by atoms with Crippen molar-refractivity contribution >= 4 is 16.9 Å². The average molecular weight is 269 g/mol. The van der Waals surface area contributed by atoms with Crippen molar-refractivity contribution in [1.29, 1.82) is 0 Å². The Hall–Kier alpha value is -1.81. The summed E-state index contributed by atoms with van der Waals surface area (Å²) in [5, 5.41) is 4.48. The third-order valence-electron chi connectivity index (χ3n) is 3.00. The molecule has 19 heavy (non-hydrogen) atoms. The highest BCUT2D eigenvalue weighted by Gasteiger charge is 2.21. The summed E-state index contributed by atoms with van der Waals surface area (Å²) in [4.78, 5) is 8.85. The first-order valence-electron chi connectivity index (χ1n) is 6.30. The molecule has 3 rings (SSSR count). The van der Waals surface area contributed by atoms with Crippen molar-refractivity contribution in [1.82, 2.24) is 10.3 Å². The minimum atomic E-state index is 0.369. The Labute approximate surface area is 117 Å². The number of nitrogens with one attached hydrogen (secondary N) is 1. The van der Waals surface area contributed by atoms with Crippen molar-refractivity contribution in [2.75, 3.05) is 5.75 Å². The first-order chi connectivity index (χ1) is 9.42. The number of pyridine rings is 1. The maximum atomic E-state index is 4.58. The summed E-state index contributed by atoms with van der Waals surface area (Å²) in [6.45, 7) is 0.637. The third kappa shape index (κ3) is 3.15. The Morgan fingerprint density at radius 1 is 1.16 bits per heavy atom. The monoisotopic (exact) mass is 269 g/mol. The normalized spacial score (nSPS) is 20.4. The largest absolute Gasteiger partial charge is 0.357 e. The molecule has 0 aliphatic carbocycles. The second-order valence-electron chi connectivity index (χ2n) is 4.36. The SMILES string of the molecule is c1ccc(C2CSC(=NCc3ccccn3)N2)cc1. The fraction of sp³-hybridized carbons (Fsp3) is 0.200. The Morgan fingerprint density at radius 2 is 2.00 bits per heavy atom. The van der Waals surface area contributed by atoms with Crippen LogP contribution in [0, 0.1) is 0 Å². The molecule has 1 unspecified atom stereocenters. The van der Waals surface area contributed by atoms with Gasteiger partial charge in [0.25, 0.3) is 0 Å². The van der Waals surface area contributed by atoms with E-state index in [0.29, 0.717) is 12.6 Å². The number of nitrogens with zero attached hydrogens (tertiary/aromatic N) is 2. The Balaban J connectivity index is 1.63. The van der Waals surface area contributed by atoms with Gasteiger partial charge in [-0.25, -0.2) is 0 Å². The molecular weight excluding hydrogens is 254 g/mol. The first kappa shape index (κ1) is 12.2. The van der Waals surface area contributed by atoms with Gasteiger partial charge in [-0.2, -0.15) is 0 Å². The lowest BCUT2D eigenvalue weighted by molar-refractivity contribution is 0.748. The molecule has 0 radical (unpaired) electrons. The van der Waals surface area contributed by atoms with Crippen LogP contribution in [-0.2, 0) is 6.54 Å². The molecule has 2 aromatic rings. The molecule has 96 valence electrons. The zero-order valence-corrected chi connectivity index (χ0v) is 11.3. The lowest BCUT2D eigenvalue weighted by atomic mass is 10.1. The molecule has 0 saturated carbocycles. The van der Waals surface area contributed by atoms with Crippen LogP contribution in [0.15, 0.2) is 59.7 Å². The van der Waals surface area contributed by atoms with Crippen molar-refractivity contribution in [3.8, 4) is 0 Å². The maximum Gasteiger partial charge on any atom is 0.157 e. The van der Waals surface area contributed by atoms with E-state index in [-0.39, 0.29) is 0 Å². The van der Waals surface area contributed by atoms with Gasteiger partial charge in [-0.1, -0.05) is 48.2 Å². The predicted octanol–water partition coefficient (Wildman–Crippen LogP) is 3.02. The summed E-state index contributed by atoms with van der Waals surface area (Å²) >= 11 is 1.78. The maximum absolute atomic E-state index is 4.58. The van der Waals surface area contributed by atoms with Crippen LogP contribution in [0.4, 0.5) is 0 Å². The van der Waals surface area contributed by atoms with E-state index in [9.17, 15) is 0 Å².